The number of imidazole rings is 1. The number of rotatable bonds is 4. The Morgan fingerprint density at radius 3 is 2.71 bits per heavy atom. The van der Waals surface area contributed by atoms with Crippen molar-refractivity contribution in [2.75, 3.05) is 0 Å². The van der Waals surface area contributed by atoms with Gasteiger partial charge in [0.2, 0.25) is 0 Å². The predicted octanol–water partition coefficient (Wildman–Crippen LogP) is 2.92. The van der Waals surface area contributed by atoms with Crippen LogP contribution in [-0.4, -0.2) is 20.5 Å². The molecule has 1 N–H and O–H groups in total. The largest absolute Gasteiger partial charge is 0.487 e. The quantitative estimate of drug-likeness (QED) is 0.799. The highest BCUT2D eigenvalue weighted by atomic mass is 16.5. The van der Waals surface area contributed by atoms with Crippen molar-refractivity contribution in [2.24, 2.45) is 0 Å². The van der Waals surface area contributed by atoms with Gasteiger partial charge in [-0.25, -0.2) is 9.78 Å². The van der Waals surface area contributed by atoms with Crippen LogP contribution in [-0.2, 0) is 6.61 Å². The van der Waals surface area contributed by atoms with Gasteiger partial charge in [-0.1, -0.05) is 17.7 Å². The van der Waals surface area contributed by atoms with Crippen LogP contribution < -0.4 is 4.74 Å². The third-order valence-electron chi connectivity index (χ3n) is 3.24. The predicted molar refractivity (Wildman–Crippen MR) is 77.7 cm³/mol. The third-order valence-corrected chi connectivity index (χ3v) is 3.24. The number of carboxylic acids is 1. The number of pyridine rings is 1. The molecule has 0 spiro atoms. The molecule has 0 bridgehead atoms. The molecule has 3 aromatic rings. The van der Waals surface area contributed by atoms with E-state index in [0.717, 1.165) is 11.4 Å². The molecule has 5 heteroatoms. The lowest BCUT2D eigenvalue weighted by molar-refractivity contribution is 0.0696. The molecule has 0 aliphatic carbocycles. The number of aryl methyl sites for hydroxylation is 1. The summed E-state index contributed by atoms with van der Waals surface area (Å²) in [5.41, 5.74) is 2.89. The molecule has 5 nitrogen and oxygen atoms in total. The van der Waals surface area contributed by atoms with Crippen molar-refractivity contribution in [3.8, 4) is 5.75 Å². The van der Waals surface area contributed by atoms with Gasteiger partial charge in [-0.2, -0.15) is 0 Å². The van der Waals surface area contributed by atoms with Crippen molar-refractivity contribution in [1.29, 1.82) is 0 Å². The van der Waals surface area contributed by atoms with Crippen molar-refractivity contribution in [3.05, 3.63) is 65.6 Å². The van der Waals surface area contributed by atoms with Crippen LogP contribution in [0.25, 0.3) is 5.65 Å². The number of carbonyl (C=O) groups is 1. The lowest BCUT2D eigenvalue weighted by Crippen LogP contribution is -2.03. The van der Waals surface area contributed by atoms with Crippen LogP contribution in [0, 0.1) is 6.92 Å². The molecule has 0 unspecified atom stereocenters. The summed E-state index contributed by atoms with van der Waals surface area (Å²) in [6, 6.07) is 11.0. The van der Waals surface area contributed by atoms with Crippen molar-refractivity contribution in [2.45, 2.75) is 13.5 Å². The molecule has 2 heterocycles. The summed E-state index contributed by atoms with van der Waals surface area (Å²) in [5, 5.41) is 9.04. The van der Waals surface area contributed by atoms with E-state index >= 15 is 0 Å². The fraction of sp³-hybridized carbons (Fsp3) is 0.125. The molecule has 0 amide bonds. The average molecular weight is 282 g/mol. The van der Waals surface area contributed by atoms with Crippen LogP contribution in [0.5, 0.6) is 5.75 Å². The summed E-state index contributed by atoms with van der Waals surface area (Å²) >= 11 is 0. The number of hydrogen-bond donors (Lipinski definition) is 1. The van der Waals surface area contributed by atoms with Crippen molar-refractivity contribution in [1.82, 2.24) is 9.38 Å². The molecule has 0 saturated heterocycles. The van der Waals surface area contributed by atoms with Crippen LogP contribution >= 0.6 is 0 Å². The van der Waals surface area contributed by atoms with Gasteiger partial charge in [-0.3, -0.25) is 4.40 Å². The maximum Gasteiger partial charge on any atom is 0.337 e. The summed E-state index contributed by atoms with van der Waals surface area (Å²) < 4.78 is 7.44. The second-order valence-corrected chi connectivity index (χ2v) is 4.80. The van der Waals surface area contributed by atoms with E-state index in [1.54, 1.807) is 22.9 Å². The summed E-state index contributed by atoms with van der Waals surface area (Å²) in [6.07, 6.45) is 3.24. The highest BCUT2D eigenvalue weighted by Crippen LogP contribution is 2.15. The molecule has 106 valence electrons. The Balaban J connectivity index is 1.84. The number of carboxylic acid groups (broad SMARTS) is 1. The van der Waals surface area contributed by atoms with Crippen molar-refractivity contribution >= 4 is 11.6 Å². The van der Waals surface area contributed by atoms with E-state index < -0.39 is 5.97 Å². The average Bonchev–Trinajstić information content (AvgIpc) is 2.89. The molecule has 0 radical (unpaired) electrons. The third kappa shape index (κ3) is 2.72. The fourth-order valence-corrected chi connectivity index (χ4v) is 2.06. The number of fused-ring (bicyclic) bond motifs is 1. The second-order valence-electron chi connectivity index (χ2n) is 4.80. The van der Waals surface area contributed by atoms with E-state index in [2.05, 4.69) is 4.98 Å². The van der Waals surface area contributed by atoms with E-state index in [1.807, 2.05) is 31.2 Å². The van der Waals surface area contributed by atoms with Crippen LogP contribution in [0.15, 0.2) is 48.8 Å². The van der Waals surface area contributed by atoms with E-state index in [9.17, 15) is 4.79 Å². The number of hydrogen-bond acceptors (Lipinski definition) is 3. The standard InChI is InChI=1S/C16H14N2O3/c1-11-2-5-14(6-3-11)21-10-13-8-17-15-7-4-12(16(19)20)9-18(13)15/h2-9H,10H2,1H3,(H,19,20). The molecule has 0 atom stereocenters. The molecule has 2 aromatic heterocycles. The molecular weight excluding hydrogens is 268 g/mol. The van der Waals surface area contributed by atoms with E-state index in [1.165, 1.54) is 11.6 Å². The number of aromatic nitrogens is 2. The van der Waals surface area contributed by atoms with Gasteiger partial charge in [0, 0.05) is 6.20 Å². The minimum Gasteiger partial charge on any atom is -0.487 e. The Morgan fingerprint density at radius 1 is 1.24 bits per heavy atom. The van der Waals surface area contributed by atoms with Gasteiger partial charge >= 0.3 is 5.97 Å². The SMILES string of the molecule is Cc1ccc(OCc2cnc3ccc(C(=O)O)cn23)cc1. The Hall–Kier alpha value is -2.82. The molecule has 0 fully saturated rings. The molecule has 0 aliphatic rings. The first-order valence-electron chi connectivity index (χ1n) is 6.52. The van der Waals surface area contributed by atoms with Crippen molar-refractivity contribution < 1.29 is 14.6 Å². The Labute approximate surface area is 121 Å². The molecule has 0 saturated carbocycles. The van der Waals surface area contributed by atoms with Gasteiger partial charge < -0.3 is 9.84 Å². The summed E-state index contributed by atoms with van der Waals surface area (Å²) in [4.78, 5) is 15.3. The van der Waals surface area contributed by atoms with Crippen LogP contribution in [0.3, 0.4) is 0 Å². The highest BCUT2D eigenvalue weighted by molar-refractivity contribution is 5.87. The van der Waals surface area contributed by atoms with Crippen LogP contribution in [0.4, 0.5) is 0 Å². The molecule has 3 rings (SSSR count). The zero-order chi connectivity index (χ0) is 14.8. The van der Waals surface area contributed by atoms with Crippen LogP contribution in [0.1, 0.15) is 21.6 Å². The normalized spacial score (nSPS) is 10.7. The first-order valence-corrected chi connectivity index (χ1v) is 6.52. The number of aromatic carboxylic acids is 1. The molecular formula is C16H14N2O3. The summed E-state index contributed by atoms with van der Waals surface area (Å²) in [5.74, 6) is -0.194. The Bertz CT molecular complexity index is 791. The Morgan fingerprint density at radius 2 is 2.00 bits per heavy atom. The zero-order valence-corrected chi connectivity index (χ0v) is 11.5. The number of ether oxygens (including phenoxy) is 1. The maximum absolute atomic E-state index is 11.0. The monoisotopic (exact) mass is 282 g/mol. The summed E-state index contributed by atoms with van der Waals surface area (Å²) in [7, 11) is 0. The number of benzene rings is 1. The Kier molecular flexibility index (Phi) is 3.31. The lowest BCUT2D eigenvalue weighted by atomic mass is 10.2. The second kappa shape index (κ2) is 5.28. The zero-order valence-electron chi connectivity index (χ0n) is 11.5. The molecule has 1 aromatic carbocycles. The first kappa shape index (κ1) is 13.2. The smallest absolute Gasteiger partial charge is 0.337 e. The van der Waals surface area contributed by atoms with E-state index in [0.29, 0.717) is 12.3 Å². The van der Waals surface area contributed by atoms with Gasteiger partial charge in [0.1, 0.15) is 18.0 Å². The molecule has 21 heavy (non-hydrogen) atoms. The summed E-state index contributed by atoms with van der Waals surface area (Å²) in [6.45, 7) is 2.34. The van der Waals surface area contributed by atoms with Gasteiger partial charge in [0.15, 0.2) is 0 Å². The van der Waals surface area contributed by atoms with Gasteiger partial charge in [0.05, 0.1) is 17.5 Å². The first-order chi connectivity index (χ1) is 10.1. The topological polar surface area (TPSA) is 63.8 Å². The molecule has 0 aliphatic heterocycles. The van der Waals surface area contributed by atoms with E-state index in [-0.39, 0.29) is 5.56 Å². The van der Waals surface area contributed by atoms with E-state index in [4.69, 9.17) is 9.84 Å². The fourth-order valence-electron chi connectivity index (χ4n) is 2.06. The minimum absolute atomic E-state index is 0.220. The van der Waals surface area contributed by atoms with Gasteiger partial charge in [-0.15, -0.1) is 0 Å². The van der Waals surface area contributed by atoms with Gasteiger partial charge in [0.25, 0.3) is 0 Å². The highest BCUT2D eigenvalue weighted by Gasteiger charge is 2.08. The number of nitrogens with zero attached hydrogens (tertiary/aromatic N) is 2. The maximum atomic E-state index is 11.0. The lowest BCUT2D eigenvalue weighted by Gasteiger charge is -2.07. The van der Waals surface area contributed by atoms with Crippen molar-refractivity contribution in [3.63, 3.8) is 0 Å². The minimum atomic E-state index is -0.962. The van der Waals surface area contributed by atoms with Gasteiger partial charge in [-0.05, 0) is 31.2 Å². The van der Waals surface area contributed by atoms with Crippen LogP contribution in [0.2, 0.25) is 0 Å².